The van der Waals surface area contributed by atoms with Crippen molar-refractivity contribution in [3.8, 4) is 5.88 Å². The van der Waals surface area contributed by atoms with Gasteiger partial charge in [0.2, 0.25) is 5.88 Å². The molecular formula is C6H7ClN2O2. The maximum absolute atomic E-state index is 10.8. The van der Waals surface area contributed by atoms with E-state index in [2.05, 4.69) is 10.2 Å². The molecule has 1 rings (SSSR count). The number of ether oxygens (including phenoxy) is 1. The van der Waals surface area contributed by atoms with Gasteiger partial charge in [-0.3, -0.25) is 4.79 Å². The second-order valence-corrected chi connectivity index (χ2v) is 2.38. The quantitative estimate of drug-likeness (QED) is 0.683. The van der Waals surface area contributed by atoms with Gasteiger partial charge in [0.1, 0.15) is 5.02 Å². The van der Waals surface area contributed by atoms with Gasteiger partial charge in [-0.1, -0.05) is 11.6 Å². The number of nitrogens with zero attached hydrogens (tertiary/aromatic N) is 1. The number of aromatic nitrogens is 2. The number of H-pyrrole nitrogens is 1. The summed E-state index contributed by atoms with van der Waals surface area (Å²) in [6.45, 7) is 1.60. The van der Waals surface area contributed by atoms with Crippen LogP contribution in [0.2, 0.25) is 5.02 Å². The predicted molar refractivity (Wildman–Crippen MR) is 41.2 cm³/mol. The summed E-state index contributed by atoms with van der Waals surface area (Å²) in [7, 11) is 1.44. The van der Waals surface area contributed by atoms with E-state index in [0.29, 0.717) is 5.56 Å². The van der Waals surface area contributed by atoms with E-state index in [4.69, 9.17) is 16.3 Å². The summed E-state index contributed by atoms with van der Waals surface area (Å²) < 4.78 is 4.77. The number of methoxy groups -OCH3 is 1. The van der Waals surface area contributed by atoms with Crippen molar-refractivity contribution in [2.75, 3.05) is 7.11 Å². The molecule has 0 bridgehead atoms. The Morgan fingerprint density at radius 1 is 1.64 bits per heavy atom. The van der Waals surface area contributed by atoms with Crippen molar-refractivity contribution in [1.29, 1.82) is 0 Å². The second-order valence-electron chi connectivity index (χ2n) is 2.00. The predicted octanol–water partition coefficient (Wildman–Crippen LogP) is 0.740. The molecule has 0 aliphatic heterocycles. The molecule has 0 saturated heterocycles. The van der Waals surface area contributed by atoms with Crippen LogP contribution < -0.4 is 10.3 Å². The van der Waals surface area contributed by atoms with Crippen molar-refractivity contribution in [3.63, 3.8) is 0 Å². The van der Waals surface area contributed by atoms with Crippen LogP contribution in [0.4, 0.5) is 0 Å². The van der Waals surface area contributed by atoms with E-state index >= 15 is 0 Å². The van der Waals surface area contributed by atoms with Crippen LogP contribution in [0.15, 0.2) is 4.79 Å². The smallest absolute Gasteiger partial charge is 0.268 e. The highest BCUT2D eigenvalue weighted by atomic mass is 35.5. The lowest BCUT2D eigenvalue weighted by molar-refractivity contribution is 0.391. The molecule has 1 aromatic rings. The molecule has 0 amide bonds. The first kappa shape index (κ1) is 8.07. The van der Waals surface area contributed by atoms with Crippen LogP contribution in [0.5, 0.6) is 5.88 Å². The Morgan fingerprint density at radius 2 is 2.27 bits per heavy atom. The number of halogens is 1. The maximum atomic E-state index is 10.8. The number of rotatable bonds is 1. The van der Waals surface area contributed by atoms with Gasteiger partial charge in [0.25, 0.3) is 5.56 Å². The number of hydrogen-bond acceptors (Lipinski definition) is 3. The highest BCUT2D eigenvalue weighted by Gasteiger charge is 2.07. The van der Waals surface area contributed by atoms with Crippen LogP contribution in [-0.2, 0) is 0 Å². The zero-order valence-corrected chi connectivity index (χ0v) is 6.90. The van der Waals surface area contributed by atoms with E-state index in [-0.39, 0.29) is 16.5 Å². The van der Waals surface area contributed by atoms with Crippen molar-refractivity contribution >= 4 is 11.6 Å². The van der Waals surface area contributed by atoms with Crippen molar-refractivity contribution < 1.29 is 4.74 Å². The van der Waals surface area contributed by atoms with Crippen molar-refractivity contribution in [1.82, 2.24) is 10.2 Å². The summed E-state index contributed by atoms with van der Waals surface area (Å²) in [5, 5.41) is 6.07. The first-order valence-corrected chi connectivity index (χ1v) is 3.33. The largest absolute Gasteiger partial charge is 0.479 e. The van der Waals surface area contributed by atoms with Gasteiger partial charge >= 0.3 is 0 Å². The number of nitrogens with one attached hydrogen (secondary N) is 1. The molecule has 0 aliphatic rings. The van der Waals surface area contributed by atoms with E-state index in [0.717, 1.165) is 0 Å². The lowest BCUT2D eigenvalue weighted by atomic mass is 10.3. The standard InChI is InChI=1S/C6H7ClN2O2/c1-3-4(7)6(11-2)9-8-5(3)10/h1-2H3,(H,8,10). The molecule has 4 nitrogen and oxygen atoms in total. The Bertz CT molecular complexity index is 321. The summed E-state index contributed by atoms with van der Waals surface area (Å²) in [5.41, 5.74) is 0.120. The van der Waals surface area contributed by atoms with Crippen LogP contribution in [0.3, 0.4) is 0 Å². The van der Waals surface area contributed by atoms with Crippen molar-refractivity contribution in [2.24, 2.45) is 0 Å². The third-order valence-electron chi connectivity index (χ3n) is 1.31. The van der Waals surface area contributed by atoms with Gasteiger partial charge < -0.3 is 4.74 Å². The monoisotopic (exact) mass is 174 g/mol. The number of aromatic amines is 1. The van der Waals surface area contributed by atoms with Crippen LogP contribution in [0, 0.1) is 6.92 Å². The Hall–Kier alpha value is -1.03. The highest BCUT2D eigenvalue weighted by molar-refractivity contribution is 6.32. The van der Waals surface area contributed by atoms with Gasteiger partial charge in [0.15, 0.2) is 0 Å². The highest BCUT2D eigenvalue weighted by Crippen LogP contribution is 2.20. The molecule has 60 valence electrons. The lowest BCUT2D eigenvalue weighted by Crippen LogP contribution is -2.12. The molecule has 0 fully saturated rings. The third kappa shape index (κ3) is 1.35. The zero-order valence-electron chi connectivity index (χ0n) is 6.14. The van der Waals surface area contributed by atoms with Crippen LogP contribution >= 0.6 is 11.6 Å². The first-order chi connectivity index (χ1) is 5.16. The molecule has 0 aliphatic carbocycles. The topological polar surface area (TPSA) is 55.0 Å². The van der Waals surface area contributed by atoms with E-state index in [1.54, 1.807) is 6.92 Å². The molecule has 0 spiro atoms. The van der Waals surface area contributed by atoms with Gasteiger partial charge in [0, 0.05) is 5.56 Å². The molecule has 1 heterocycles. The Kier molecular flexibility index (Phi) is 2.14. The van der Waals surface area contributed by atoms with Crippen LogP contribution in [-0.4, -0.2) is 17.3 Å². The van der Waals surface area contributed by atoms with Gasteiger partial charge in [-0.05, 0) is 6.92 Å². The molecule has 1 N–H and O–H groups in total. The average molecular weight is 175 g/mol. The molecule has 11 heavy (non-hydrogen) atoms. The minimum absolute atomic E-state index is 0.240. The summed E-state index contributed by atoms with van der Waals surface area (Å²) >= 11 is 5.69. The maximum Gasteiger partial charge on any atom is 0.268 e. The van der Waals surface area contributed by atoms with E-state index in [9.17, 15) is 4.79 Å². The Balaban J connectivity index is 3.37. The minimum atomic E-state index is -0.296. The zero-order chi connectivity index (χ0) is 8.43. The van der Waals surface area contributed by atoms with Gasteiger partial charge in [-0.2, -0.15) is 0 Å². The molecule has 1 aromatic heterocycles. The molecule has 0 saturated carbocycles. The summed E-state index contributed by atoms with van der Waals surface area (Å²) in [6.07, 6.45) is 0. The third-order valence-corrected chi connectivity index (χ3v) is 1.76. The van der Waals surface area contributed by atoms with Crippen LogP contribution in [0.25, 0.3) is 0 Å². The number of hydrogen-bond donors (Lipinski definition) is 1. The Labute approximate surface area is 68.1 Å². The normalized spacial score (nSPS) is 9.73. The molecular weight excluding hydrogens is 168 g/mol. The summed E-state index contributed by atoms with van der Waals surface area (Å²) in [4.78, 5) is 10.8. The summed E-state index contributed by atoms with van der Waals surface area (Å²) in [6, 6.07) is 0. The average Bonchev–Trinajstić information content (AvgIpc) is 2.01. The van der Waals surface area contributed by atoms with Crippen molar-refractivity contribution in [2.45, 2.75) is 6.92 Å². The Morgan fingerprint density at radius 3 is 2.82 bits per heavy atom. The second kappa shape index (κ2) is 2.92. The lowest BCUT2D eigenvalue weighted by Gasteiger charge is -2.00. The van der Waals surface area contributed by atoms with E-state index in [1.807, 2.05) is 0 Å². The molecule has 0 aromatic carbocycles. The fourth-order valence-electron chi connectivity index (χ4n) is 0.630. The molecule has 0 unspecified atom stereocenters. The van der Waals surface area contributed by atoms with Gasteiger partial charge in [-0.25, -0.2) is 5.10 Å². The summed E-state index contributed by atoms with van der Waals surface area (Å²) in [5.74, 6) is 0.240. The van der Waals surface area contributed by atoms with Crippen molar-refractivity contribution in [3.05, 3.63) is 20.9 Å². The molecule has 0 radical (unpaired) electrons. The van der Waals surface area contributed by atoms with E-state index < -0.39 is 0 Å². The molecule has 0 atom stereocenters. The molecule has 5 heteroatoms. The van der Waals surface area contributed by atoms with Gasteiger partial charge in [-0.15, -0.1) is 5.10 Å². The fourth-order valence-corrected chi connectivity index (χ4v) is 0.835. The first-order valence-electron chi connectivity index (χ1n) is 2.95. The SMILES string of the molecule is COc1n[nH]c(=O)c(C)c1Cl. The fraction of sp³-hybridized carbons (Fsp3) is 0.333. The van der Waals surface area contributed by atoms with E-state index in [1.165, 1.54) is 7.11 Å². The van der Waals surface area contributed by atoms with Gasteiger partial charge in [0.05, 0.1) is 7.11 Å². The van der Waals surface area contributed by atoms with Crippen LogP contribution in [0.1, 0.15) is 5.56 Å². The minimum Gasteiger partial charge on any atom is -0.479 e.